The molecule has 0 aliphatic heterocycles. The summed E-state index contributed by atoms with van der Waals surface area (Å²) in [6.07, 6.45) is 2.93. The molecule has 142 valence electrons. The fraction of sp³-hybridized carbons (Fsp3) is 0.158. The van der Waals surface area contributed by atoms with Gasteiger partial charge in [0.15, 0.2) is 17.0 Å². The summed E-state index contributed by atoms with van der Waals surface area (Å²) in [6.45, 7) is 3.89. The van der Waals surface area contributed by atoms with Crippen LogP contribution in [0.4, 0.5) is 15.9 Å². The van der Waals surface area contributed by atoms with Gasteiger partial charge in [0.2, 0.25) is 0 Å². The van der Waals surface area contributed by atoms with Crippen LogP contribution in [0.25, 0.3) is 22.3 Å². The van der Waals surface area contributed by atoms with Crippen molar-refractivity contribution >= 4 is 34.3 Å². The molecule has 3 heterocycles. The highest BCUT2D eigenvalue weighted by atomic mass is 35.5. The van der Waals surface area contributed by atoms with Gasteiger partial charge in [0.05, 0.1) is 17.6 Å². The summed E-state index contributed by atoms with van der Waals surface area (Å²) in [5.41, 5.74) is 2.28. The fourth-order valence-electron chi connectivity index (χ4n) is 2.99. The number of nitrogens with zero attached hydrogens (tertiary/aromatic N) is 3. The Morgan fingerprint density at radius 3 is 2.75 bits per heavy atom. The van der Waals surface area contributed by atoms with Crippen molar-refractivity contribution in [1.29, 1.82) is 0 Å². The predicted octanol–water partition coefficient (Wildman–Crippen LogP) is 4.37. The van der Waals surface area contributed by atoms with Crippen molar-refractivity contribution in [2.45, 2.75) is 19.8 Å². The molecule has 0 radical (unpaired) electrons. The van der Waals surface area contributed by atoms with E-state index in [9.17, 15) is 9.18 Å². The predicted molar refractivity (Wildman–Crippen MR) is 107 cm³/mol. The second-order valence-corrected chi connectivity index (χ2v) is 7.00. The lowest BCUT2D eigenvalue weighted by Crippen LogP contribution is -2.15. The van der Waals surface area contributed by atoms with E-state index in [1.807, 2.05) is 13.8 Å². The maximum Gasteiger partial charge on any atom is 0.256 e. The van der Waals surface area contributed by atoms with E-state index in [2.05, 4.69) is 30.2 Å². The van der Waals surface area contributed by atoms with Gasteiger partial charge >= 0.3 is 0 Å². The van der Waals surface area contributed by atoms with E-state index in [1.165, 1.54) is 30.9 Å². The van der Waals surface area contributed by atoms with Crippen molar-refractivity contribution in [2.75, 3.05) is 5.32 Å². The van der Waals surface area contributed by atoms with Crippen molar-refractivity contribution in [3.8, 4) is 11.1 Å². The Hall–Kier alpha value is -3.26. The van der Waals surface area contributed by atoms with Crippen LogP contribution in [0.3, 0.4) is 0 Å². The van der Waals surface area contributed by atoms with E-state index in [0.717, 1.165) is 0 Å². The average molecular weight is 399 g/mol. The maximum absolute atomic E-state index is 14.4. The smallest absolute Gasteiger partial charge is 0.256 e. The van der Waals surface area contributed by atoms with Crippen LogP contribution in [0.5, 0.6) is 0 Å². The molecule has 4 aromatic rings. The fourth-order valence-corrected chi connectivity index (χ4v) is 3.16. The third-order valence-corrected chi connectivity index (χ3v) is 4.57. The highest BCUT2D eigenvalue weighted by Gasteiger charge is 2.17. The summed E-state index contributed by atoms with van der Waals surface area (Å²) < 4.78 is 14.4. The molecule has 0 amide bonds. The normalized spacial score (nSPS) is 11.3. The Bertz CT molecular complexity index is 1230. The molecule has 0 unspecified atom stereocenters. The number of imidazole rings is 1. The monoisotopic (exact) mass is 398 g/mol. The maximum atomic E-state index is 14.4. The van der Waals surface area contributed by atoms with Gasteiger partial charge in [-0.05, 0) is 30.2 Å². The van der Waals surface area contributed by atoms with Gasteiger partial charge in [0, 0.05) is 16.3 Å². The second kappa shape index (κ2) is 7.05. The molecule has 1 aromatic carbocycles. The van der Waals surface area contributed by atoms with E-state index >= 15 is 0 Å². The van der Waals surface area contributed by atoms with Crippen molar-refractivity contribution in [3.63, 3.8) is 0 Å². The van der Waals surface area contributed by atoms with Crippen LogP contribution in [0.1, 0.15) is 25.5 Å². The standard InChI is InChI=1S/C19H16ClFN6O/c1-9(2)15-14(26-18-16-17(23-7-22-16)24-8-25-18)6-12(19(28)27-15)11-5-10(20)3-4-13(11)21/h3-9H,1-2H3,(H,27,28)(H2,22,23,24,25,26). The Kier molecular flexibility index (Phi) is 4.56. The van der Waals surface area contributed by atoms with Crippen LogP contribution in [0.15, 0.2) is 41.7 Å². The SMILES string of the molecule is CC(C)c1[nH]c(=O)c(-c2cc(Cl)ccc2F)cc1Nc1ncnc2[nH]cnc12. The van der Waals surface area contributed by atoms with Crippen molar-refractivity contribution in [1.82, 2.24) is 24.9 Å². The number of anilines is 2. The first-order valence-corrected chi connectivity index (χ1v) is 8.95. The first kappa shape index (κ1) is 18.1. The Balaban J connectivity index is 1.89. The molecule has 28 heavy (non-hydrogen) atoms. The van der Waals surface area contributed by atoms with Gasteiger partial charge in [0.1, 0.15) is 12.1 Å². The van der Waals surface area contributed by atoms with E-state index in [4.69, 9.17) is 11.6 Å². The molecule has 0 saturated heterocycles. The summed E-state index contributed by atoms with van der Waals surface area (Å²) in [4.78, 5) is 31.0. The largest absolute Gasteiger partial charge is 0.337 e. The van der Waals surface area contributed by atoms with Crippen LogP contribution in [-0.4, -0.2) is 24.9 Å². The lowest BCUT2D eigenvalue weighted by Gasteiger charge is -2.16. The number of rotatable bonds is 4. The van der Waals surface area contributed by atoms with Crippen LogP contribution >= 0.6 is 11.6 Å². The highest BCUT2D eigenvalue weighted by molar-refractivity contribution is 6.30. The molecule has 4 rings (SSSR count). The molecule has 9 heteroatoms. The summed E-state index contributed by atoms with van der Waals surface area (Å²) in [7, 11) is 0. The first-order valence-electron chi connectivity index (χ1n) is 8.57. The molecule has 0 bridgehead atoms. The molecule has 7 nitrogen and oxygen atoms in total. The Labute approximate surface area is 164 Å². The third kappa shape index (κ3) is 3.22. The van der Waals surface area contributed by atoms with Gasteiger partial charge in [-0.15, -0.1) is 0 Å². The van der Waals surface area contributed by atoms with Gasteiger partial charge < -0.3 is 15.3 Å². The number of hydrogen-bond acceptors (Lipinski definition) is 5. The Morgan fingerprint density at radius 1 is 1.14 bits per heavy atom. The van der Waals surface area contributed by atoms with E-state index in [-0.39, 0.29) is 17.0 Å². The number of nitrogens with one attached hydrogen (secondary N) is 3. The molecule has 0 atom stereocenters. The molecule has 0 spiro atoms. The van der Waals surface area contributed by atoms with Gasteiger partial charge in [-0.25, -0.2) is 19.3 Å². The zero-order valence-corrected chi connectivity index (χ0v) is 15.8. The minimum atomic E-state index is -0.533. The van der Waals surface area contributed by atoms with Crippen molar-refractivity contribution < 1.29 is 4.39 Å². The lowest BCUT2D eigenvalue weighted by molar-refractivity contribution is 0.631. The summed E-state index contributed by atoms with van der Waals surface area (Å²) in [5, 5.41) is 3.54. The van der Waals surface area contributed by atoms with Crippen molar-refractivity contribution in [3.05, 3.63) is 63.8 Å². The zero-order chi connectivity index (χ0) is 19.8. The van der Waals surface area contributed by atoms with E-state index < -0.39 is 11.4 Å². The molecule has 0 aliphatic rings. The number of pyridine rings is 1. The van der Waals surface area contributed by atoms with Gasteiger partial charge in [-0.1, -0.05) is 25.4 Å². The van der Waals surface area contributed by atoms with E-state index in [1.54, 1.807) is 6.07 Å². The van der Waals surface area contributed by atoms with Crippen molar-refractivity contribution in [2.24, 2.45) is 0 Å². The quantitative estimate of drug-likeness (QED) is 0.474. The molecular weight excluding hydrogens is 383 g/mol. The summed E-state index contributed by atoms with van der Waals surface area (Å²) in [5.74, 6) is -0.0578. The number of aromatic amines is 2. The minimum Gasteiger partial charge on any atom is -0.337 e. The summed E-state index contributed by atoms with van der Waals surface area (Å²) in [6, 6.07) is 5.70. The molecule has 0 fully saturated rings. The number of aromatic nitrogens is 5. The number of benzene rings is 1. The number of halogens is 2. The molecule has 3 N–H and O–H groups in total. The summed E-state index contributed by atoms with van der Waals surface area (Å²) >= 11 is 6.00. The van der Waals surface area contributed by atoms with Crippen LogP contribution in [-0.2, 0) is 0 Å². The number of fused-ring (bicyclic) bond motifs is 1. The highest BCUT2D eigenvalue weighted by Crippen LogP contribution is 2.31. The number of H-pyrrole nitrogens is 2. The topological polar surface area (TPSA) is 99.4 Å². The van der Waals surface area contributed by atoms with Gasteiger partial charge in [0.25, 0.3) is 5.56 Å². The lowest BCUT2D eigenvalue weighted by atomic mass is 10.0. The van der Waals surface area contributed by atoms with Crippen LogP contribution in [0, 0.1) is 5.82 Å². The van der Waals surface area contributed by atoms with Gasteiger partial charge in [-0.3, -0.25) is 4.79 Å². The van der Waals surface area contributed by atoms with Gasteiger partial charge in [-0.2, -0.15) is 0 Å². The zero-order valence-electron chi connectivity index (χ0n) is 15.0. The second-order valence-electron chi connectivity index (χ2n) is 6.57. The van der Waals surface area contributed by atoms with Crippen LogP contribution < -0.4 is 10.9 Å². The first-order chi connectivity index (χ1) is 13.4. The molecular formula is C19H16ClFN6O. The minimum absolute atomic E-state index is 0.00460. The van der Waals surface area contributed by atoms with Crippen LogP contribution in [0.2, 0.25) is 5.02 Å². The Morgan fingerprint density at radius 2 is 1.96 bits per heavy atom. The average Bonchev–Trinajstić information content (AvgIpc) is 3.14. The van der Waals surface area contributed by atoms with E-state index in [0.29, 0.717) is 33.4 Å². The molecule has 0 aliphatic carbocycles. The molecule has 3 aromatic heterocycles. The molecule has 0 saturated carbocycles. The number of hydrogen-bond donors (Lipinski definition) is 3. The third-order valence-electron chi connectivity index (χ3n) is 4.34.